The van der Waals surface area contributed by atoms with E-state index in [0.717, 1.165) is 26.7 Å². The molecule has 0 spiro atoms. The van der Waals surface area contributed by atoms with Crippen LogP contribution in [0.5, 0.6) is 0 Å². The fourth-order valence-corrected chi connectivity index (χ4v) is 4.05. The summed E-state index contributed by atoms with van der Waals surface area (Å²) in [5.74, 6) is -0.384. The number of aromatic nitrogens is 1. The van der Waals surface area contributed by atoms with Crippen LogP contribution in [0.25, 0.3) is 21.0 Å². The number of anilines is 1. The molecule has 2 amide bonds. The molecular weight excluding hydrogens is 394 g/mol. The van der Waals surface area contributed by atoms with Gasteiger partial charge in [0.15, 0.2) is 4.47 Å². The highest BCUT2D eigenvalue weighted by atomic mass is 35.5. The van der Waals surface area contributed by atoms with Gasteiger partial charge in [0.2, 0.25) is 5.91 Å². The molecule has 7 heteroatoms. The van der Waals surface area contributed by atoms with Gasteiger partial charge in [0.1, 0.15) is 0 Å². The Morgan fingerprint density at radius 2 is 1.86 bits per heavy atom. The molecule has 0 fully saturated rings. The van der Waals surface area contributed by atoms with Crippen LogP contribution in [-0.2, 0) is 4.79 Å². The van der Waals surface area contributed by atoms with Crippen LogP contribution in [0.2, 0.25) is 4.47 Å². The summed E-state index contributed by atoms with van der Waals surface area (Å²) in [6.07, 6.45) is 0.184. The second-order valence-electron chi connectivity index (χ2n) is 6.23. The van der Waals surface area contributed by atoms with Gasteiger partial charge in [-0.1, -0.05) is 48.0 Å². The quantitative estimate of drug-likeness (QED) is 0.494. The monoisotopic (exact) mass is 409 g/mol. The molecule has 28 heavy (non-hydrogen) atoms. The van der Waals surface area contributed by atoms with Crippen LogP contribution in [0.1, 0.15) is 16.8 Å². The van der Waals surface area contributed by atoms with Crippen molar-refractivity contribution in [1.29, 1.82) is 0 Å². The van der Waals surface area contributed by atoms with E-state index in [4.69, 9.17) is 11.6 Å². The minimum Gasteiger partial charge on any atom is -0.352 e. The summed E-state index contributed by atoms with van der Waals surface area (Å²) in [6.45, 7) is 0.247. The van der Waals surface area contributed by atoms with Crippen molar-refractivity contribution >= 4 is 61.4 Å². The number of thiazole rings is 1. The maximum atomic E-state index is 12.3. The van der Waals surface area contributed by atoms with Crippen molar-refractivity contribution < 1.29 is 9.59 Å². The van der Waals surface area contributed by atoms with E-state index in [0.29, 0.717) is 10.0 Å². The molecule has 0 aliphatic heterocycles. The molecular formula is C21H16ClN3O2S. The minimum absolute atomic E-state index is 0.152. The molecule has 0 aliphatic rings. The van der Waals surface area contributed by atoms with Gasteiger partial charge in [0, 0.05) is 29.6 Å². The van der Waals surface area contributed by atoms with E-state index < -0.39 is 0 Å². The SMILES string of the molecule is O=C(CCNC(=O)c1ccc2nc(Cl)sc2c1)Nc1cccc2ccccc12. The average Bonchev–Trinajstić information content (AvgIpc) is 3.07. The summed E-state index contributed by atoms with van der Waals surface area (Å²) in [7, 11) is 0. The van der Waals surface area contributed by atoms with Crippen molar-refractivity contribution in [3.05, 3.63) is 70.7 Å². The number of nitrogens with zero attached hydrogens (tertiary/aromatic N) is 1. The lowest BCUT2D eigenvalue weighted by Crippen LogP contribution is -2.27. The van der Waals surface area contributed by atoms with Gasteiger partial charge in [0.05, 0.1) is 10.2 Å². The maximum Gasteiger partial charge on any atom is 0.251 e. The van der Waals surface area contributed by atoms with E-state index in [1.807, 2.05) is 42.5 Å². The zero-order valence-electron chi connectivity index (χ0n) is 14.7. The van der Waals surface area contributed by atoms with Crippen LogP contribution in [0.15, 0.2) is 60.7 Å². The smallest absolute Gasteiger partial charge is 0.251 e. The first-order valence-corrected chi connectivity index (χ1v) is 9.91. The zero-order chi connectivity index (χ0) is 19.5. The van der Waals surface area contributed by atoms with Crippen molar-refractivity contribution in [3.8, 4) is 0 Å². The third kappa shape index (κ3) is 3.98. The Bertz CT molecular complexity index is 1180. The number of amides is 2. The molecule has 0 unspecified atom stereocenters. The van der Waals surface area contributed by atoms with Crippen molar-refractivity contribution in [1.82, 2.24) is 10.3 Å². The first-order valence-electron chi connectivity index (χ1n) is 8.72. The highest BCUT2D eigenvalue weighted by Crippen LogP contribution is 2.26. The van der Waals surface area contributed by atoms with Crippen LogP contribution in [0.4, 0.5) is 5.69 Å². The number of carbonyl (C=O) groups is 2. The number of rotatable bonds is 5. The van der Waals surface area contributed by atoms with Crippen molar-refractivity contribution in [3.63, 3.8) is 0 Å². The Kier molecular flexibility index (Phi) is 5.23. The number of nitrogens with one attached hydrogen (secondary N) is 2. The van der Waals surface area contributed by atoms with Gasteiger partial charge >= 0.3 is 0 Å². The zero-order valence-corrected chi connectivity index (χ0v) is 16.3. The highest BCUT2D eigenvalue weighted by Gasteiger charge is 2.10. The van der Waals surface area contributed by atoms with Gasteiger partial charge in [-0.3, -0.25) is 9.59 Å². The highest BCUT2D eigenvalue weighted by molar-refractivity contribution is 7.22. The molecule has 1 heterocycles. The molecule has 2 N–H and O–H groups in total. The first kappa shape index (κ1) is 18.4. The van der Waals surface area contributed by atoms with Crippen LogP contribution in [0.3, 0.4) is 0 Å². The molecule has 0 atom stereocenters. The molecule has 0 aliphatic carbocycles. The van der Waals surface area contributed by atoms with Crippen molar-refractivity contribution in [2.75, 3.05) is 11.9 Å². The molecule has 5 nitrogen and oxygen atoms in total. The summed E-state index contributed by atoms with van der Waals surface area (Å²) < 4.78 is 1.30. The van der Waals surface area contributed by atoms with E-state index in [2.05, 4.69) is 15.6 Å². The van der Waals surface area contributed by atoms with E-state index >= 15 is 0 Å². The van der Waals surface area contributed by atoms with Crippen LogP contribution >= 0.6 is 22.9 Å². The predicted molar refractivity (Wildman–Crippen MR) is 114 cm³/mol. The fraction of sp³-hybridized carbons (Fsp3) is 0.0952. The number of fused-ring (bicyclic) bond motifs is 2. The molecule has 0 saturated carbocycles. The lowest BCUT2D eigenvalue weighted by Gasteiger charge is -2.09. The molecule has 4 aromatic rings. The van der Waals surface area contributed by atoms with Gasteiger partial charge in [0.25, 0.3) is 5.91 Å². The normalized spacial score (nSPS) is 10.9. The molecule has 3 aromatic carbocycles. The van der Waals surface area contributed by atoms with E-state index in [-0.39, 0.29) is 24.8 Å². The summed E-state index contributed by atoms with van der Waals surface area (Å²) in [6, 6.07) is 18.8. The van der Waals surface area contributed by atoms with Crippen LogP contribution in [0, 0.1) is 0 Å². The fourth-order valence-electron chi connectivity index (χ4n) is 2.98. The maximum absolute atomic E-state index is 12.3. The number of hydrogen-bond acceptors (Lipinski definition) is 4. The van der Waals surface area contributed by atoms with Gasteiger partial charge in [-0.2, -0.15) is 0 Å². The summed E-state index contributed by atoms with van der Waals surface area (Å²) in [5.41, 5.74) is 2.05. The lowest BCUT2D eigenvalue weighted by molar-refractivity contribution is -0.116. The molecule has 140 valence electrons. The first-order chi connectivity index (χ1) is 13.6. The van der Waals surface area contributed by atoms with Gasteiger partial charge in [-0.15, -0.1) is 11.3 Å². The second-order valence-corrected chi connectivity index (χ2v) is 7.84. The summed E-state index contributed by atoms with van der Waals surface area (Å²) >= 11 is 7.22. The minimum atomic E-state index is -0.232. The van der Waals surface area contributed by atoms with E-state index in [1.54, 1.807) is 18.2 Å². The Morgan fingerprint density at radius 3 is 2.75 bits per heavy atom. The van der Waals surface area contributed by atoms with Crippen LogP contribution < -0.4 is 10.6 Å². The number of halogens is 1. The molecule has 1 aromatic heterocycles. The molecule has 4 rings (SSSR count). The molecule has 0 saturated heterocycles. The standard InChI is InChI=1S/C21H16ClN3O2S/c22-21-25-17-9-8-14(12-18(17)28-21)20(27)23-11-10-19(26)24-16-7-3-5-13-4-1-2-6-15(13)16/h1-9,12H,10-11H2,(H,23,27)(H,24,26). The largest absolute Gasteiger partial charge is 0.352 e. The number of benzene rings is 3. The van der Waals surface area contributed by atoms with Gasteiger partial charge < -0.3 is 10.6 Å². The summed E-state index contributed by atoms with van der Waals surface area (Å²) in [5, 5.41) is 7.74. The molecule has 0 bridgehead atoms. The Hall–Kier alpha value is -2.96. The summed E-state index contributed by atoms with van der Waals surface area (Å²) in [4.78, 5) is 28.7. The third-order valence-corrected chi connectivity index (χ3v) is 5.45. The van der Waals surface area contributed by atoms with E-state index in [1.165, 1.54) is 11.3 Å². The second kappa shape index (κ2) is 7.96. The van der Waals surface area contributed by atoms with E-state index in [9.17, 15) is 9.59 Å². The Balaban J connectivity index is 1.34. The van der Waals surface area contributed by atoms with Crippen molar-refractivity contribution in [2.45, 2.75) is 6.42 Å². The Labute approximate surface area is 170 Å². The topological polar surface area (TPSA) is 71.1 Å². The Morgan fingerprint density at radius 1 is 1.04 bits per heavy atom. The average molecular weight is 410 g/mol. The number of hydrogen-bond donors (Lipinski definition) is 2. The van der Waals surface area contributed by atoms with Crippen molar-refractivity contribution in [2.24, 2.45) is 0 Å². The molecule has 0 radical (unpaired) electrons. The predicted octanol–water partition coefficient (Wildman–Crippen LogP) is 4.86. The van der Waals surface area contributed by atoms with Gasteiger partial charge in [-0.25, -0.2) is 4.98 Å². The van der Waals surface area contributed by atoms with Gasteiger partial charge in [-0.05, 0) is 29.7 Å². The van der Waals surface area contributed by atoms with Crippen LogP contribution in [-0.4, -0.2) is 23.3 Å². The lowest BCUT2D eigenvalue weighted by atomic mass is 10.1. The number of carbonyl (C=O) groups excluding carboxylic acids is 2. The third-order valence-electron chi connectivity index (χ3n) is 4.33.